The molecule has 3 rings (SSSR count). The summed E-state index contributed by atoms with van der Waals surface area (Å²) in [5.41, 5.74) is 0.994. The first kappa shape index (κ1) is 19.4. The van der Waals surface area contributed by atoms with Gasteiger partial charge in [0.1, 0.15) is 0 Å². The van der Waals surface area contributed by atoms with Crippen LogP contribution in [0, 0.1) is 0 Å². The maximum Gasteiger partial charge on any atom is 0.328 e. The fourth-order valence-corrected chi connectivity index (χ4v) is 3.58. The second-order valence-corrected chi connectivity index (χ2v) is 7.32. The van der Waals surface area contributed by atoms with E-state index in [0.717, 1.165) is 23.8 Å². The molecular formula is C20H24ClN3O3. The van der Waals surface area contributed by atoms with Crippen LogP contribution in [0.15, 0.2) is 39.4 Å². The molecule has 1 amide bonds. The number of aromatic amines is 1. The Morgan fingerprint density at radius 1 is 1.26 bits per heavy atom. The SMILES string of the molecule is O=C(CCCn1c(=O)[nH]c2cc(Cl)ccc2c1=O)NCCC1=CCCCC1. The predicted octanol–water partition coefficient (Wildman–Crippen LogP) is 3.13. The van der Waals surface area contributed by atoms with Crippen molar-refractivity contribution in [2.24, 2.45) is 0 Å². The lowest BCUT2D eigenvalue weighted by Gasteiger charge is -2.13. The van der Waals surface area contributed by atoms with Gasteiger partial charge in [-0.25, -0.2) is 4.79 Å². The molecule has 2 N–H and O–H groups in total. The van der Waals surface area contributed by atoms with Gasteiger partial charge in [-0.15, -0.1) is 0 Å². The third kappa shape index (κ3) is 5.10. The highest BCUT2D eigenvalue weighted by atomic mass is 35.5. The van der Waals surface area contributed by atoms with Crippen LogP contribution >= 0.6 is 11.6 Å². The van der Waals surface area contributed by atoms with Gasteiger partial charge in [-0.05, 0) is 56.7 Å². The number of fused-ring (bicyclic) bond motifs is 1. The second-order valence-electron chi connectivity index (χ2n) is 6.89. The topological polar surface area (TPSA) is 84.0 Å². The number of benzene rings is 1. The maximum absolute atomic E-state index is 12.5. The van der Waals surface area contributed by atoms with Gasteiger partial charge in [0.25, 0.3) is 5.56 Å². The molecule has 2 aromatic rings. The molecule has 0 atom stereocenters. The zero-order valence-electron chi connectivity index (χ0n) is 15.2. The average Bonchev–Trinajstić information content (AvgIpc) is 2.65. The second kappa shape index (κ2) is 9.04. The van der Waals surface area contributed by atoms with Crippen LogP contribution < -0.4 is 16.6 Å². The molecule has 1 aliphatic rings. The monoisotopic (exact) mass is 389 g/mol. The summed E-state index contributed by atoms with van der Waals surface area (Å²) in [5.74, 6) is -0.0524. The minimum Gasteiger partial charge on any atom is -0.356 e. The highest BCUT2D eigenvalue weighted by Crippen LogP contribution is 2.19. The predicted molar refractivity (Wildman–Crippen MR) is 107 cm³/mol. The third-order valence-corrected chi connectivity index (χ3v) is 5.12. The maximum atomic E-state index is 12.5. The van der Waals surface area contributed by atoms with Crippen molar-refractivity contribution in [1.29, 1.82) is 0 Å². The third-order valence-electron chi connectivity index (χ3n) is 4.88. The Hall–Kier alpha value is -2.34. The summed E-state index contributed by atoms with van der Waals surface area (Å²) >= 11 is 5.89. The van der Waals surface area contributed by atoms with Crippen LogP contribution in [0.3, 0.4) is 0 Å². The molecular weight excluding hydrogens is 366 g/mol. The summed E-state index contributed by atoms with van der Waals surface area (Å²) in [6.45, 7) is 0.841. The number of carbonyl (C=O) groups excluding carboxylic acids is 1. The van der Waals surface area contributed by atoms with Crippen LogP contribution in [0.1, 0.15) is 44.9 Å². The Bertz CT molecular complexity index is 975. The van der Waals surface area contributed by atoms with Crippen molar-refractivity contribution < 1.29 is 4.79 Å². The van der Waals surface area contributed by atoms with Gasteiger partial charge < -0.3 is 10.3 Å². The molecule has 0 spiro atoms. The van der Waals surface area contributed by atoms with Crippen LogP contribution in [0.2, 0.25) is 5.02 Å². The highest BCUT2D eigenvalue weighted by Gasteiger charge is 2.09. The number of hydrogen-bond donors (Lipinski definition) is 2. The summed E-state index contributed by atoms with van der Waals surface area (Å²) in [6.07, 6.45) is 8.66. The average molecular weight is 390 g/mol. The van der Waals surface area contributed by atoms with Crippen LogP contribution in [0.25, 0.3) is 10.9 Å². The first-order valence-electron chi connectivity index (χ1n) is 9.41. The first-order chi connectivity index (χ1) is 13.0. The van der Waals surface area contributed by atoms with Gasteiger partial charge in [-0.3, -0.25) is 14.2 Å². The van der Waals surface area contributed by atoms with Crippen LogP contribution in [0.4, 0.5) is 0 Å². The Morgan fingerprint density at radius 3 is 2.89 bits per heavy atom. The molecule has 144 valence electrons. The Kier molecular flexibility index (Phi) is 6.50. The molecule has 1 aromatic heterocycles. The Balaban J connectivity index is 1.52. The van der Waals surface area contributed by atoms with E-state index in [9.17, 15) is 14.4 Å². The molecule has 0 unspecified atom stereocenters. The van der Waals surface area contributed by atoms with Crippen molar-refractivity contribution in [2.45, 2.75) is 51.5 Å². The Morgan fingerprint density at radius 2 is 2.11 bits per heavy atom. The molecule has 27 heavy (non-hydrogen) atoms. The standard InChI is InChI=1S/C20H24ClN3O3/c21-15-8-9-16-17(13-15)23-20(27)24(19(16)26)12-4-7-18(25)22-11-10-14-5-2-1-3-6-14/h5,8-9,13H,1-4,6-7,10-12H2,(H,22,25)(H,23,27). The van der Waals surface area contributed by atoms with Crippen molar-refractivity contribution in [3.8, 4) is 0 Å². The van der Waals surface area contributed by atoms with Crippen molar-refractivity contribution in [2.75, 3.05) is 6.54 Å². The zero-order chi connectivity index (χ0) is 19.2. The lowest BCUT2D eigenvalue weighted by Crippen LogP contribution is -2.35. The molecule has 1 aliphatic carbocycles. The molecule has 7 heteroatoms. The largest absolute Gasteiger partial charge is 0.356 e. The van der Waals surface area contributed by atoms with Gasteiger partial charge in [-0.1, -0.05) is 23.3 Å². The molecule has 1 heterocycles. The molecule has 0 bridgehead atoms. The van der Waals surface area contributed by atoms with Gasteiger partial charge >= 0.3 is 5.69 Å². The van der Waals surface area contributed by atoms with Crippen molar-refractivity contribution in [1.82, 2.24) is 14.9 Å². The minimum absolute atomic E-state index is 0.0524. The van der Waals surface area contributed by atoms with E-state index in [-0.39, 0.29) is 24.4 Å². The number of rotatable bonds is 7. The lowest BCUT2D eigenvalue weighted by atomic mass is 9.97. The number of nitrogens with zero attached hydrogens (tertiary/aromatic N) is 1. The lowest BCUT2D eigenvalue weighted by molar-refractivity contribution is -0.121. The van der Waals surface area contributed by atoms with Gasteiger partial charge in [-0.2, -0.15) is 0 Å². The molecule has 0 radical (unpaired) electrons. The normalized spacial score (nSPS) is 14.2. The van der Waals surface area contributed by atoms with E-state index in [2.05, 4.69) is 16.4 Å². The van der Waals surface area contributed by atoms with E-state index in [1.807, 2.05) is 0 Å². The van der Waals surface area contributed by atoms with Crippen LogP contribution in [0.5, 0.6) is 0 Å². The van der Waals surface area contributed by atoms with Gasteiger partial charge in [0.2, 0.25) is 5.91 Å². The quantitative estimate of drug-likeness (QED) is 0.713. The summed E-state index contributed by atoms with van der Waals surface area (Å²) in [5, 5.41) is 3.77. The van der Waals surface area contributed by atoms with Gasteiger partial charge in [0.05, 0.1) is 10.9 Å². The van der Waals surface area contributed by atoms with Crippen molar-refractivity contribution in [3.63, 3.8) is 0 Å². The summed E-state index contributed by atoms with van der Waals surface area (Å²) in [6, 6.07) is 4.77. The Labute approximate surface area is 162 Å². The number of aromatic nitrogens is 2. The number of hydrogen-bond acceptors (Lipinski definition) is 3. The number of allylic oxidation sites excluding steroid dienone is 1. The highest BCUT2D eigenvalue weighted by molar-refractivity contribution is 6.31. The fraction of sp³-hybridized carbons (Fsp3) is 0.450. The van der Waals surface area contributed by atoms with E-state index in [0.29, 0.717) is 28.9 Å². The minimum atomic E-state index is -0.487. The van der Waals surface area contributed by atoms with Gasteiger partial charge in [0, 0.05) is 24.5 Å². The fourth-order valence-electron chi connectivity index (χ4n) is 3.41. The number of amides is 1. The van der Waals surface area contributed by atoms with E-state index in [1.54, 1.807) is 18.2 Å². The number of halogens is 1. The molecule has 0 aliphatic heterocycles. The van der Waals surface area contributed by atoms with E-state index in [4.69, 9.17) is 11.6 Å². The zero-order valence-corrected chi connectivity index (χ0v) is 16.0. The van der Waals surface area contributed by atoms with Crippen LogP contribution in [-0.2, 0) is 11.3 Å². The van der Waals surface area contributed by atoms with E-state index < -0.39 is 5.69 Å². The van der Waals surface area contributed by atoms with Crippen molar-refractivity contribution in [3.05, 3.63) is 55.7 Å². The van der Waals surface area contributed by atoms with Crippen molar-refractivity contribution >= 4 is 28.4 Å². The molecule has 0 fully saturated rings. The van der Waals surface area contributed by atoms with Gasteiger partial charge in [0.15, 0.2) is 0 Å². The summed E-state index contributed by atoms with van der Waals surface area (Å²) < 4.78 is 1.14. The number of carbonyl (C=O) groups is 1. The summed E-state index contributed by atoms with van der Waals surface area (Å²) in [4.78, 5) is 39.3. The first-order valence-corrected chi connectivity index (χ1v) is 9.79. The molecule has 0 saturated carbocycles. The van der Waals surface area contributed by atoms with E-state index >= 15 is 0 Å². The van der Waals surface area contributed by atoms with E-state index in [1.165, 1.54) is 18.4 Å². The van der Waals surface area contributed by atoms with Crippen LogP contribution in [-0.4, -0.2) is 22.0 Å². The summed E-state index contributed by atoms with van der Waals surface area (Å²) in [7, 11) is 0. The molecule has 0 saturated heterocycles. The molecule has 6 nitrogen and oxygen atoms in total. The molecule has 1 aromatic carbocycles. The smallest absolute Gasteiger partial charge is 0.328 e. The number of nitrogens with one attached hydrogen (secondary N) is 2. The number of H-pyrrole nitrogens is 1.